The van der Waals surface area contributed by atoms with Crippen molar-refractivity contribution >= 4 is 12.0 Å². The van der Waals surface area contributed by atoms with E-state index in [4.69, 9.17) is 9.47 Å². The van der Waals surface area contributed by atoms with E-state index in [0.717, 1.165) is 30.0 Å². The fraction of sp³-hybridized carbons (Fsp3) is 0.438. The summed E-state index contributed by atoms with van der Waals surface area (Å²) in [5.74, 6) is 1.42. The molecule has 1 aromatic carbocycles. The van der Waals surface area contributed by atoms with E-state index in [1.165, 1.54) is 19.3 Å². The van der Waals surface area contributed by atoms with Crippen LogP contribution < -0.4 is 14.8 Å². The quantitative estimate of drug-likeness (QED) is 0.614. The first kappa shape index (κ1) is 14.4. The summed E-state index contributed by atoms with van der Waals surface area (Å²) in [7, 11) is 0. The zero-order valence-electron chi connectivity index (χ0n) is 11.9. The number of hydrogen-bond donors (Lipinski definition) is 1. The predicted octanol–water partition coefficient (Wildman–Crippen LogP) is 3.13. The van der Waals surface area contributed by atoms with E-state index in [1.54, 1.807) is 12.2 Å². The number of hydrogen-bond acceptors (Lipinski definition) is 3. The second-order valence-corrected chi connectivity index (χ2v) is 4.80. The van der Waals surface area contributed by atoms with E-state index in [2.05, 4.69) is 12.2 Å². The Kier molecular flexibility index (Phi) is 5.47. The van der Waals surface area contributed by atoms with E-state index < -0.39 is 0 Å². The highest BCUT2D eigenvalue weighted by atomic mass is 16.7. The molecule has 1 aliphatic heterocycles. The molecule has 0 bridgehead atoms. The van der Waals surface area contributed by atoms with Crippen molar-refractivity contribution in [2.75, 3.05) is 13.3 Å². The van der Waals surface area contributed by atoms with E-state index in [0.29, 0.717) is 0 Å². The molecule has 0 fully saturated rings. The molecule has 1 aliphatic rings. The van der Waals surface area contributed by atoms with Crippen LogP contribution in [0, 0.1) is 0 Å². The van der Waals surface area contributed by atoms with Crippen LogP contribution in [0.15, 0.2) is 24.3 Å². The van der Waals surface area contributed by atoms with Gasteiger partial charge in [-0.1, -0.05) is 32.3 Å². The molecular weight excluding hydrogens is 254 g/mol. The molecule has 1 aromatic rings. The van der Waals surface area contributed by atoms with Gasteiger partial charge in [0.25, 0.3) is 0 Å². The van der Waals surface area contributed by atoms with Gasteiger partial charge in [0.2, 0.25) is 12.7 Å². The van der Waals surface area contributed by atoms with E-state index in [-0.39, 0.29) is 12.7 Å². The average molecular weight is 275 g/mol. The maximum atomic E-state index is 11.6. The van der Waals surface area contributed by atoms with Gasteiger partial charge >= 0.3 is 0 Å². The van der Waals surface area contributed by atoms with Crippen molar-refractivity contribution in [3.8, 4) is 11.5 Å². The largest absolute Gasteiger partial charge is 0.454 e. The van der Waals surface area contributed by atoms with Crippen molar-refractivity contribution in [1.82, 2.24) is 5.32 Å². The summed E-state index contributed by atoms with van der Waals surface area (Å²) in [4.78, 5) is 11.6. The van der Waals surface area contributed by atoms with Gasteiger partial charge in [-0.25, -0.2) is 0 Å². The highest BCUT2D eigenvalue weighted by Gasteiger charge is 2.12. The van der Waals surface area contributed by atoms with Gasteiger partial charge in [-0.05, 0) is 30.2 Å². The first-order chi connectivity index (χ1) is 9.79. The Hall–Kier alpha value is -1.97. The maximum absolute atomic E-state index is 11.6. The topological polar surface area (TPSA) is 47.6 Å². The molecule has 1 amide bonds. The van der Waals surface area contributed by atoms with Gasteiger partial charge in [0.1, 0.15) is 0 Å². The van der Waals surface area contributed by atoms with Gasteiger partial charge in [0.15, 0.2) is 11.5 Å². The molecule has 0 radical (unpaired) electrons. The molecule has 0 saturated carbocycles. The summed E-state index contributed by atoms with van der Waals surface area (Å²) in [6.45, 7) is 3.18. The molecule has 0 saturated heterocycles. The Bertz CT molecular complexity index is 483. The molecule has 4 heteroatoms. The minimum Gasteiger partial charge on any atom is -0.454 e. The van der Waals surface area contributed by atoms with Crippen LogP contribution in [0.5, 0.6) is 11.5 Å². The van der Waals surface area contributed by atoms with Crippen molar-refractivity contribution in [3.63, 3.8) is 0 Å². The third kappa shape index (κ3) is 4.30. The Morgan fingerprint density at radius 3 is 2.95 bits per heavy atom. The van der Waals surface area contributed by atoms with Crippen LogP contribution in [0.1, 0.15) is 38.2 Å². The number of fused-ring (bicyclic) bond motifs is 1. The minimum absolute atomic E-state index is 0.0563. The standard InChI is InChI=1S/C16H21NO3/c1-2-3-4-5-10-17-16(18)9-7-13-6-8-14-15(11-13)20-12-19-14/h6-9,11H,2-5,10,12H2,1H3,(H,17,18)/b9-7+. The Morgan fingerprint density at radius 1 is 1.25 bits per heavy atom. The number of nitrogens with one attached hydrogen (secondary N) is 1. The second-order valence-electron chi connectivity index (χ2n) is 4.80. The number of carbonyl (C=O) groups excluding carboxylic acids is 1. The first-order valence-corrected chi connectivity index (χ1v) is 7.15. The van der Waals surface area contributed by atoms with Crippen LogP contribution in [0.4, 0.5) is 0 Å². The number of unbranched alkanes of at least 4 members (excludes halogenated alkanes) is 3. The van der Waals surface area contributed by atoms with Crippen molar-refractivity contribution in [3.05, 3.63) is 29.8 Å². The zero-order chi connectivity index (χ0) is 14.2. The van der Waals surface area contributed by atoms with Crippen LogP contribution >= 0.6 is 0 Å². The lowest BCUT2D eigenvalue weighted by atomic mass is 10.2. The SMILES string of the molecule is CCCCCCNC(=O)/C=C/c1ccc2c(c1)OCO2. The van der Waals surface area contributed by atoms with E-state index in [9.17, 15) is 4.79 Å². The first-order valence-electron chi connectivity index (χ1n) is 7.15. The molecule has 0 atom stereocenters. The lowest BCUT2D eigenvalue weighted by molar-refractivity contribution is -0.116. The summed E-state index contributed by atoms with van der Waals surface area (Å²) in [6, 6.07) is 5.62. The fourth-order valence-electron chi connectivity index (χ4n) is 2.01. The smallest absolute Gasteiger partial charge is 0.243 e. The minimum atomic E-state index is -0.0563. The summed E-state index contributed by atoms with van der Waals surface area (Å²) in [6.07, 6.45) is 7.97. The Morgan fingerprint density at radius 2 is 2.10 bits per heavy atom. The molecule has 4 nitrogen and oxygen atoms in total. The Balaban J connectivity index is 1.76. The third-order valence-corrected chi connectivity index (χ3v) is 3.15. The van der Waals surface area contributed by atoms with Crippen LogP contribution in [-0.4, -0.2) is 19.2 Å². The van der Waals surface area contributed by atoms with Crippen LogP contribution in [-0.2, 0) is 4.79 Å². The summed E-state index contributed by atoms with van der Waals surface area (Å²) < 4.78 is 10.5. The molecule has 0 spiro atoms. The second kappa shape index (κ2) is 7.58. The van der Waals surface area contributed by atoms with Gasteiger partial charge in [-0.3, -0.25) is 4.79 Å². The molecule has 0 aromatic heterocycles. The highest BCUT2D eigenvalue weighted by Crippen LogP contribution is 2.32. The van der Waals surface area contributed by atoms with E-state index in [1.807, 2.05) is 18.2 Å². The van der Waals surface area contributed by atoms with E-state index >= 15 is 0 Å². The number of carbonyl (C=O) groups is 1. The molecule has 0 aliphatic carbocycles. The lowest BCUT2D eigenvalue weighted by Crippen LogP contribution is -2.21. The van der Waals surface area contributed by atoms with Gasteiger partial charge in [-0.15, -0.1) is 0 Å². The van der Waals surface area contributed by atoms with Gasteiger partial charge in [-0.2, -0.15) is 0 Å². The van der Waals surface area contributed by atoms with Crippen molar-refractivity contribution in [2.45, 2.75) is 32.6 Å². The molecule has 0 unspecified atom stereocenters. The molecule has 2 rings (SSSR count). The average Bonchev–Trinajstić information content (AvgIpc) is 2.92. The molecule has 108 valence electrons. The summed E-state index contributed by atoms with van der Waals surface area (Å²) >= 11 is 0. The number of rotatable bonds is 7. The predicted molar refractivity (Wildman–Crippen MR) is 78.8 cm³/mol. The molecular formula is C16H21NO3. The van der Waals surface area contributed by atoms with Gasteiger partial charge < -0.3 is 14.8 Å². The van der Waals surface area contributed by atoms with Crippen LogP contribution in [0.25, 0.3) is 6.08 Å². The molecule has 1 heterocycles. The number of amides is 1. The third-order valence-electron chi connectivity index (χ3n) is 3.15. The summed E-state index contributed by atoms with van der Waals surface area (Å²) in [5, 5.41) is 2.88. The fourth-order valence-corrected chi connectivity index (χ4v) is 2.01. The van der Waals surface area contributed by atoms with Crippen LogP contribution in [0.3, 0.4) is 0 Å². The number of benzene rings is 1. The van der Waals surface area contributed by atoms with Gasteiger partial charge in [0.05, 0.1) is 0 Å². The van der Waals surface area contributed by atoms with Crippen LogP contribution in [0.2, 0.25) is 0 Å². The van der Waals surface area contributed by atoms with Crippen molar-refractivity contribution in [1.29, 1.82) is 0 Å². The zero-order valence-corrected chi connectivity index (χ0v) is 11.9. The monoisotopic (exact) mass is 275 g/mol. The Labute approximate surface area is 119 Å². The normalized spacial score (nSPS) is 12.8. The van der Waals surface area contributed by atoms with Crippen molar-refractivity contribution < 1.29 is 14.3 Å². The summed E-state index contributed by atoms with van der Waals surface area (Å²) in [5.41, 5.74) is 0.926. The number of ether oxygens (including phenoxy) is 2. The maximum Gasteiger partial charge on any atom is 0.243 e. The van der Waals surface area contributed by atoms with Crippen molar-refractivity contribution in [2.24, 2.45) is 0 Å². The molecule has 1 N–H and O–H groups in total. The molecule has 20 heavy (non-hydrogen) atoms. The lowest BCUT2D eigenvalue weighted by Gasteiger charge is -2.01. The highest BCUT2D eigenvalue weighted by molar-refractivity contribution is 5.91. The van der Waals surface area contributed by atoms with Gasteiger partial charge in [0, 0.05) is 12.6 Å².